The number of rotatable bonds is 13. The van der Waals surface area contributed by atoms with Crippen LogP contribution in [0, 0.1) is 0 Å². The molecule has 0 spiro atoms. The highest BCUT2D eigenvalue weighted by molar-refractivity contribution is 7.60. The third-order valence-electron chi connectivity index (χ3n) is 4.87. The zero-order valence-electron chi connectivity index (χ0n) is 20.3. The van der Waals surface area contributed by atoms with Crippen LogP contribution >= 0.6 is 15.6 Å². The minimum absolute atomic E-state index is 0.0738. The van der Waals surface area contributed by atoms with Crippen LogP contribution in [0.4, 0.5) is 11.6 Å². The lowest BCUT2D eigenvalue weighted by Gasteiger charge is -2.25. The minimum atomic E-state index is -5.51. The van der Waals surface area contributed by atoms with Crippen molar-refractivity contribution in [1.29, 1.82) is 0 Å². The predicted octanol–water partition coefficient (Wildman–Crippen LogP) is -0.509. The number of fused-ring (bicyclic) bond motifs is 1. The Morgan fingerprint density at radius 1 is 1.10 bits per heavy atom. The molecule has 1 amide bonds. The summed E-state index contributed by atoms with van der Waals surface area (Å²) in [6.45, 7) is -0.580. The lowest BCUT2D eigenvalue weighted by molar-refractivity contribution is -0.140. The Labute approximate surface area is 227 Å². The number of aliphatic carboxylic acids is 2. The van der Waals surface area contributed by atoms with Crippen molar-refractivity contribution < 1.29 is 57.3 Å². The topological polar surface area (TPSA) is 318 Å². The number of carboxylic acid groups (broad SMARTS) is 2. The second-order valence-corrected chi connectivity index (χ2v) is 10.7. The summed E-state index contributed by atoms with van der Waals surface area (Å²) in [6, 6.07) is 3.04. The van der Waals surface area contributed by atoms with Crippen LogP contribution in [0.5, 0.6) is 0 Å². The zero-order valence-corrected chi connectivity index (χ0v) is 22.1. The van der Waals surface area contributed by atoms with Crippen LogP contribution in [-0.2, 0) is 34.2 Å². The quantitative estimate of drug-likeness (QED) is 0.0884. The summed E-state index contributed by atoms with van der Waals surface area (Å²) in [7, 11) is -11.0. The molecule has 0 radical (unpaired) electrons. The number of hydroxylamine groups is 1. The number of nitrogen functional groups attached to an aromatic ring is 1. The van der Waals surface area contributed by atoms with E-state index in [2.05, 4.69) is 29.6 Å². The van der Waals surface area contributed by atoms with Gasteiger partial charge < -0.3 is 35.9 Å². The van der Waals surface area contributed by atoms with E-state index in [1.807, 2.05) is 0 Å². The molecule has 2 aromatic heterocycles. The van der Waals surface area contributed by atoms with Gasteiger partial charge in [0.2, 0.25) is 5.95 Å². The molecule has 0 aliphatic carbocycles. The van der Waals surface area contributed by atoms with Crippen LogP contribution in [0.1, 0.15) is 28.9 Å². The van der Waals surface area contributed by atoms with Crippen molar-refractivity contribution in [2.24, 2.45) is 0 Å². The summed E-state index contributed by atoms with van der Waals surface area (Å²) in [5.74, 6) is -3.86. The van der Waals surface area contributed by atoms with Crippen LogP contribution in [0.25, 0.3) is 11.2 Å². The van der Waals surface area contributed by atoms with Gasteiger partial charge in [-0.15, -0.1) is 0 Å². The smallest absolute Gasteiger partial charge is 0.481 e. The van der Waals surface area contributed by atoms with Crippen molar-refractivity contribution in [3.8, 4) is 0 Å². The van der Waals surface area contributed by atoms with Gasteiger partial charge in [-0.1, -0.05) is 0 Å². The SMILES string of the molecule is Nc1nc2ncc(CN(OP(=O)(O)OP(=O)(O)O)c3ccc(C(=O)N[C@@H](CCC(=O)O)C(=O)O)cc3)nc2c(=O)[nH]1. The van der Waals surface area contributed by atoms with Gasteiger partial charge >= 0.3 is 27.6 Å². The number of carboxylic acids is 2. The summed E-state index contributed by atoms with van der Waals surface area (Å²) in [6.07, 6.45) is 0.189. The Morgan fingerprint density at radius 3 is 2.34 bits per heavy atom. The molecule has 2 heterocycles. The lowest BCUT2D eigenvalue weighted by Crippen LogP contribution is -2.41. The largest absolute Gasteiger partial charge is 0.502 e. The molecule has 20 nitrogen and oxygen atoms in total. The predicted molar refractivity (Wildman–Crippen MR) is 135 cm³/mol. The standard InChI is InChI=1S/C19H21N7O13P2/c20-19-24-15-14(17(30)25-19)22-10(7-21-15)8-26(38-41(36,37)39-40(33,34)35)11-3-1-9(2-4-11)16(29)23-12(18(31)32)5-6-13(27)28/h1-4,7,12H,5-6,8H2,(H,23,29)(H,27,28)(H,31,32)(H,36,37)(H2,33,34,35)(H3,20,21,24,25,30)/t12-/m0/s1. The highest BCUT2D eigenvalue weighted by atomic mass is 31.3. The maximum atomic E-state index is 12.5. The Bertz CT molecular complexity index is 1630. The first kappa shape index (κ1) is 31.2. The Balaban J connectivity index is 1.90. The Kier molecular flexibility index (Phi) is 9.51. The average molecular weight is 617 g/mol. The first-order valence-corrected chi connectivity index (χ1v) is 14.0. The number of nitrogens with zero attached hydrogens (tertiary/aromatic N) is 4. The average Bonchev–Trinajstić information content (AvgIpc) is 2.84. The summed E-state index contributed by atoms with van der Waals surface area (Å²) < 4.78 is 32.0. The summed E-state index contributed by atoms with van der Waals surface area (Å²) in [5, 5.41) is 20.8. The number of nitrogens with two attached hydrogens (primary N) is 1. The summed E-state index contributed by atoms with van der Waals surface area (Å²) >= 11 is 0. The molecule has 0 fully saturated rings. The van der Waals surface area contributed by atoms with Gasteiger partial charge in [0.25, 0.3) is 11.5 Å². The number of aromatic amines is 1. The second-order valence-electron chi connectivity index (χ2n) is 7.99. The number of amides is 1. The highest BCUT2D eigenvalue weighted by Crippen LogP contribution is 2.58. The number of benzene rings is 1. The van der Waals surface area contributed by atoms with Crippen molar-refractivity contribution in [3.63, 3.8) is 0 Å². The van der Waals surface area contributed by atoms with Gasteiger partial charge in [-0.05, 0) is 30.7 Å². The van der Waals surface area contributed by atoms with Gasteiger partial charge in [-0.25, -0.2) is 29.0 Å². The van der Waals surface area contributed by atoms with E-state index in [-0.39, 0.29) is 40.5 Å². The number of hydrogen-bond donors (Lipinski definition) is 8. The van der Waals surface area contributed by atoms with Crippen LogP contribution in [-0.4, -0.2) is 68.7 Å². The Hall–Kier alpha value is -4.29. The van der Waals surface area contributed by atoms with E-state index in [0.717, 1.165) is 30.5 Å². The molecule has 220 valence electrons. The number of phosphoric acid groups is 2. The van der Waals surface area contributed by atoms with Gasteiger partial charge in [0.1, 0.15) is 6.04 Å². The normalized spacial score (nSPS) is 13.7. The third kappa shape index (κ3) is 9.12. The molecule has 41 heavy (non-hydrogen) atoms. The molecule has 3 aromatic rings. The van der Waals surface area contributed by atoms with E-state index < -0.39 is 58.1 Å². The van der Waals surface area contributed by atoms with Crippen LogP contribution in [0.15, 0.2) is 35.3 Å². The fraction of sp³-hybridized carbons (Fsp3) is 0.211. The van der Waals surface area contributed by atoms with Gasteiger partial charge in [0, 0.05) is 12.0 Å². The molecule has 9 N–H and O–H groups in total. The molecule has 1 unspecified atom stereocenters. The molecule has 0 saturated heterocycles. The van der Waals surface area contributed by atoms with Crippen LogP contribution in [0.2, 0.25) is 0 Å². The molecule has 3 rings (SSSR count). The monoisotopic (exact) mass is 617 g/mol. The maximum Gasteiger partial charge on any atom is 0.502 e. The fourth-order valence-corrected chi connectivity index (χ4v) is 4.78. The molecule has 2 atom stereocenters. The number of aromatic nitrogens is 4. The Morgan fingerprint density at radius 2 is 1.76 bits per heavy atom. The molecule has 22 heteroatoms. The lowest BCUT2D eigenvalue weighted by atomic mass is 10.1. The second kappa shape index (κ2) is 12.5. The van der Waals surface area contributed by atoms with Gasteiger partial charge in [0.05, 0.1) is 24.1 Å². The molecule has 0 saturated carbocycles. The number of hydrogen-bond acceptors (Lipinski definition) is 13. The van der Waals surface area contributed by atoms with E-state index in [1.54, 1.807) is 0 Å². The minimum Gasteiger partial charge on any atom is -0.481 e. The molecular weight excluding hydrogens is 596 g/mol. The molecule has 0 aliphatic rings. The van der Waals surface area contributed by atoms with E-state index in [0.29, 0.717) is 5.06 Å². The maximum absolute atomic E-state index is 12.5. The number of anilines is 2. The number of H-pyrrole nitrogens is 1. The zero-order chi connectivity index (χ0) is 30.5. The van der Waals surface area contributed by atoms with Crippen molar-refractivity contribution in [3.05, 3.63) is 52.1 Å². The fourth-order valence-electron chi connectivity index (χ4n) is 3.18. The number of carbonyl (C=O) groups is 3. The van der Waals surface area contributed by atoms with E-state index >= 15 is 0 Å². The number of nitrogens with one attached hydrogen (secondary N) is 2. The van der Waals surface area contributed by atoms with Gasteiger partial charge in [-0.3, -0.25) is 19.4 Å². The summed E-state index contributed by atoms with van der Waals surface area (Å²) in [4.78, 5) is 88.5. The van der Waals surface area contributed by atoms with Crippen molar-refractivity contribution >= 4 is 56.3 Å². The van der Waals surface area contributed by atoms with Gasteiger partial charge in [-0.2, -0.15) is 13.9 Å². The summed E-state index contributed by atoms with van der Waals surface area (Å²) in [5.41, 5.74) is 4.01. The molecule has 0 aliphatic heterocycles. The first-order valence-electron chi connectivity index (χ1n) is 11.0. The van der Waals surface area contributed by atoms with Crippen LogP contribution in [0.3, 0.4) is 0 Å². The highest BCUT2D eigenvalue weighted by Gasteiger charge is 2.35. The van der Waals surface area contributed by atoms with E-state index in [1.165, 1.54) is 0 Å². The van der Waals surface area contributed by atoms with E-state index in [9.17, 15) is 38.3 Å². The first-order chi connectivity index (χ1) is 19.0. The van der Waals surface area contributed by atoms with Crippen LogP contribution < -0.4 is 21.7 Å². The molecule has 1 aromatic carbocycles. The molecule has 0 bridgehead atoms. The third-order valence-corrected chi connectivity index (χ3v) is 6.95. The van der Waals surface area contributed by atoms with Gasteiger partial charge in [0.15, 0.2) is 11.2 Å². The van der Waals surface area contributed by atoms with Crippen molar-refractivity contribution in [2.45, 2.75) is 25.4 Å². The van der Waals surface area contributed by atoms with E-state index in [4.69, 9.17) is 25.3 Å². The van der Waals surface area contributed by atoms with Crippen molar-refractivity contribution in [1.82, 2.24) is 25.3 Å². The number of carbonyl (C=O) groups excluding carboxylic acids is 1. The van der Waals surface area contributed by atoms with Crippen molar-refractivity contribution in [2.75, 3.05) is 10.8 Å². The molecular formula is C19H21N7O13P2.